The third-order valence-electron chi connectivity index (χ3n) is 2.83. The fourth-order valence-electron chi connectivity index (χ4n) is 1.77. The zero-order valence-electron chi connectivity index (χ0n) is 9.19. The van der Waals surface area contributed by atoms with Gasteiger partial charge in [0, 0.05) is 25.0 Å². The first-order valence-corrected chi connectivity index (χ1v) is 6.13. The molecule has 0 aromatic carbocycles. The van der Waals surface area contributed by atoms with Crippen LogP contribution >= 0.6 is 11.6 Å². The van der Waals surface area contributed by atoms with Gasteiger partial charge in [-0.2, -0.15) is 0 Å². The van der Waals surface area contributed by atoms with Crippen LogP contribution in [-0.4, -0.2) is 24.8 Å². The average Bonchev–Trinajstić information content (AvgIpc) is 2.38. The molecule has 1 saturated heterocycles. The predicted octanol–water partition coefficient (Wildman–Crippen LogP) is 2.63. The molecule has 0 spiro atoms. The lowest BCUT2D eigenvalue weighted by Crippen LogP contribution is -2.21. The molecule has 0 aliphatic carbocycles. The Morgan fingerprint density at radius 1 is 1.44 bits per heavy atom. The van der Waals surface area contributed by atoms with Crippen LogP contribution in [0.5, 0.6) is 5.75 Å². The van der Waals surface area contributed by atoms with E-state index in [0.29, 0.717) is 11.8 Å². The molecule has 0 amide bonds. The first-order valence-electron chi connectivity index (χ1n) is 5.59. The molecule has 0 unspecified atom stereocenters. The van der Waals surface area contributed by atoms with Crippen LogP contribution in [0, 0.1) is 5.92 Å². The number of hydrogen-bond acceptors (Lipinski definition) is 3. The number of rotatable bonds is 4. The molecular formula is C12H16ClNO2. The Hall–Kier alpha value is -0.800. The first-order chi connectivity index (χ1) is 7.90. The van der Waals surface area contributed by atoms with Gasteiger partial charge in [-0.1, -0.05) is 0 Å². The van der Waals surface area contributed by atoms with Crippen LogP contribution < -0.4 is 4.74 Å². The normalized spacial score (nSPS) is 17.3. The van der Waals surface area contributed by atoms with Crippen molar-refractivity contribution in [3.63, 3.8) is 0 Å². The number of pyridine rings is 1. The summed E-state index contributed by atoms with van der Waals surface area (Å²) in [7, 11) is 0. The lowest BCUT2D eigenvalue weighted by Gasteiger charge is -2.22. The second-order valence-electron chi connectivity index (χ2n) is 3.98. The van der Waals surface area contributed by atoms with Crippen LogP contribution in [0.4, 0.5) is 0 Å². The summed E-state index contributed by atoms with van der Waals surface area (Å²) < 4.78 is 11.1. The van der Waals surface area contributed by atoms with Gasteiger partial charge in [0.2, 0.25) is 0 Å². The van der Waals surface area contributed by atoms with Gasteiger partial charge in [0.25, 0.3) is 0 Å². The van der Waals surface area contributed by atoms with Gasteiger partial charge in [-0.15, -0.1) is 11.6 Å². The summed E-state index contributed by atoms with van der Waals surface area (Å²) in [5.74, 6) is 1.87. The van der Waals surface area contributed by atoms with Crippen LogP contribution in [0.3, 0.4) is 0 Å². The highest BCUT2D eigenvalue weighted by molar-refractivity contribution is 6.17. The van der Waals surface area contributed by atoms with E-state index in [4.69, 9.17) is 21.1 Å². The van der Waals surface area contributed by atoms with E-state index in [0.717, 1.165) is 44.0 Å². The fraction of sp³-hybridized carbons (Fsp3) is 0.583. The van der Waals surface area contributed by atoms with Crippen molar-refractivity contribution in [2.24, 2.45) is 5.92 Å². The molecule has 0 atom stereocenters. The van der Waals surface area contributed by atoms with Crippen molar-refractivity contribution in [2.75, 3.05) is 19.8 Å². The van der Waals surface area contributed by atoms with Gasteiger partial charge in [0.15, 0.2) is 0 Å². The van der Waals surface area contributed by atoms with E-state index in [1.165, 1.54) is 0 Å². The Labute approximate surface area is 101 Å². The minimum Gasteiger partial charge on any atom is -0.491 e. The molecule has 1 aliphatic heterocycles. The van der Waals surface area contributed by atoms with Crippen LogP contribution in [0.2, 0.25) is 0 Å². The molecule has 2 rings (SSSR count). The molecule has 4 heteroatoms. The summed E-state index contributed by atoms with van der Waals surface area (Å²) in [6.45, 7) is 2.44. The number of nitrogens with zero attached hydrogens (tertiary/aromatic N) is 1. The third-order valence-corrected chi connectivity index (χ3v) is 3.12. The summed E-state index contributed by atoms with van der Waals surface area (Å²) in [5.41, 5.74) is 1.00. The molecule has 16 heavy (non-hydrogen) atoms. The first kappa shape index (κ1) is 11.7. The standard InChI is InChI=1S/C12H16ClNO2/c13-7-11-1-4-14-8-12(11)16-9-10-2-5-15-6-3-10/h1,4,8,10H,2-3,5-7,9H2. The highest BCUT2D eigenvalue weighted by atomic mass is 35.5. The van der Waals surface area contributed by atoms with Crippen LogP contribution in [0.1, 0.15) is 18.4 Å². The maximum Gasteiger partial charge on any atom is 0.141 e. The highest BCUT2D eigenvalue weighted by Gasteiger charge is 2.15. The van der Waals surface area contributed by atoms with E-state index in [-0.39, 0.29) is 0 Å². The molecule has 2 heterocycles. The maximum absolute atomic E-state index is 5.83. The summed E-state index contributed by atoms with van der Waals surface area (Å²) in [6.07, 6.45) is 5.63. The Bertz CT molecular complexity index is 327. The molecular weight excluding hydrogens is 226 g/mol. The molecule has 3 nitrogen and oxygen atoms in total. The van der Waals surface area contributed by atoms with Gasteiger partial charge in [-0.25, -0.2) is 0 Å². The predicted molar refractivity (Wildman–Crippen MR) is 62.8 cm³/mol. The van der Waals surface area contributed by atoms with Crippen molar-refractivity contribution in [1.29, 1.82) is 0 Å². The zero-order valence-corrected chi connectivity index (χ0v) is 9.95. The minimum atomic E-state index is 0.464. The van der Waals surface area contributed by atoms with E-state index in [1.807, 2.05) is 6.07 Å². The summed E-state index contributed by atoms with van der Waals surface area (Å²) >= 11 is 5.83. The molecule has 0 N–H and O–H groups in total. The molecule has 88 valence electrons. The van der Waals surface area contributed by atoms with Gasteiger partial charge in [0.05, 0.1) is 18.7 Å². The van der Waals surface area contributed by atoms with E-state index in [9.17, 15) is 0 Å². The lowest BCUT2D eigenvalue weighted by molar-refractivity contribution is 0.0496. The van der Waals surface area contributed by atoms with Crippen molar-refractivity contribution in [3.8, 4) is 5.75 Å². The molecule has 1 aliphatic rings. The van der Waals surface area contributed by atoms with E-state index < -0.39 is 0 Å². The Balaban J connectivity index is 1.88. The monoisotopic (exact) mass is 241 g/mol. The molecule has 1 fully saturated rings. The quantitative estimate of drug-likeness (QED) is 0.760. The van der Waals surface area contributed by atoms with E-state index in [2.05, 4.69) is 4.98 Å². The minimum absolute atomic E-state index is 0.464. The molecule has 1 aromatic heterocycles. The van der Waals surface area contributed by atoms with Gasteiger partial charge < -0.3 is 9.47 Å². The fourth-order valence-corrected chi connectivity index (χ4v) is 1.99. The smallest absolute Gasteiger partial charge is 0.141 e. The zero-order chi connectivity index (χ0) is 11.2. The number of ether oxygens (including phenoxy) is 2. The van der Waals surface area contributed by atoms with Gasteiger partial charge in [0.1, 0.15) is 5.75 Å². The van der Waals surface area contributed by atoms with Crippen molar-refractivity contribution in [2.45, 2.75) is 18.7 Å². The maximum atomic E-state index is 5.83. The SMILES string of the molecule is ClCc1ccncc1OCC1CCOCC1. The Kier molecular flexibility index (Phi) is 4.43. The number of alkyl halides is 1. The molecule has 1 aromatic rings. The third kappa shape index (κ3) is 3.09. The summed E-state index contributed by atoms with van der Waals surface area (Å²) in [6, 6.07) is 1.90. The van der Waals surface area contributed by atoms with Crippen molar-refractivity contribution in [3.05, 3.63) is 24.0 Å². The van der Waals surface area contributed by atoms with Crippen LogP contribution in [-0.2, 0) is 10.6 Å². The highest BCUT2D eigenvalue weighted by Crippen LogP contribution is 2.21. The second kappa shape index (κ2) is 6.06. The van der Waals surface area contributed by atoms with Crippen molar-refractivity contribution >= 4 is 11.6 Å². The van der Waals surface area contributed by atoms with Gasteiger partial charge in [-0.05, 0) is 24.8 Å². The Morgan fingerprint density at radius 2 is 2.25 bits per heavy atom. The van der Waals surface area contributed by atoms with E-state index >= 15 is 0 Å². The molecule has 0 bridgehead atoms. The average molecular weight is 242 g/mol. The number of hydrogen-bond donors (Lipinski definition) is 0. The number of aromatic nitrogens is 1. The van der Waals surface area contributed by atoms with Crippen LogP contribution in [0.25, 0.3) is 0 Å². The summed E-state index contributed by atoms with van der Waals surface area (Å²) in [5, 5.41) is 0. The van der Waals surface area contributed by atoms with Gasteiger partial charge in [-0.3, -0.25) is 4.98 Å². The largest absolute Gasteiger partial charge is 0.491 e. The van der Waals surface area contributed by atoms with E-state index in [1.54, 1.807) is 12.4 Å². The second-order valence-corrected chi connectivity index (χ2v) is 4.25. The molecule has 0 saturated carbocycles. The summed E-state index contributed by atoms with van der Waals surface area (Å²) in [4.78, 5) is 4.05. The Morgan fingerprint density at radius 3 is 3.00 bits per heavy atom. The van der Waals surface area contributed by atoms with Gasteiger partial charge >= 0.3 is 0 Å². The van der Waals surface area contributed by atoms with Crippen molar-refractivity contribution < 1.29 is 9.47 Å². The van der Waals surface area contributed by atoms with Crippen molar-refractivity contribution in [1.82, 2.24) is 4.98 Å². The molecule has 0 radical (unpaired) electrons. The topological polar surface area (TPSA) is 31.4 Å². The number of halogens is 1. The lowest BCUT2D eigenvalue weighted by atomic mass is 10.0. The van der Waals surface area contributed by atoms with Crippen LogP contribution in [0.15, 0.2) is 18.5 Å².